The van der Waals surface area contributed by atoms with Crippen molar-refractivity contribution < 1.29 is 9.63 Å². The Bertz CT molecular complexity index is 140. The maximum Gasteiger partial charge on any atom is 0.324 e. The summed E-state index contributed by atoms with van der Waals surface area (Å²) < 4.78 is 0. The van der Waals surface area contributed by atoms with Gasteiger partial charge in [-0.1, -0.05) is 33.6 Å². The second-order valence-electron chi connectivity index (χ2n) is 3.45. The minimum Gasteiger partial charge on any atom is -0.368 e. The van der Waals surface area contributed by atoms with Gasteiger partial charge in [0.25, 0.3) is 0 Å². The van der Waals surface area contributed by atoms with Crippen LogP contribution in [0.2, 0.25) is 0 Å². The van der Waals surface area contributed by atoms with Crippen LogP contribution in [0.3, 0.4) is 0 Å². The summed E-state index contributed by atoms with van der Waals surface area (Å²) in [6, 6.07) is 0. The number of carbonyl (C=O) groups is 1. The lowest BCUT2D eigenvalue weighted by molar-refractivity contribution is -0.190. The monoisotopic (exact) mass is 201 g/mol. The molecule has 0 aromatic heterocycles. The van der Waals surface area contributed by atoms with E-state index in [0.29, 0.717) is 6.42 Å². The summed E-state index contributed by atoms with van der Waals surface area (Å²) in [5.74, 6) is -0.128. The molecule has 0 saturated carbocycles. The van der Waals surface area contributed by atoms with Crippen LogP contribution in [0.15, 0.2) is 0 Å². The van der Waals surface area contributed by atoms with Crippen molar-refractivity contribution in [3.05, 3.63) is 0 Å². The maximum atomic E-state index is 11.1. The van der Waals surface area contributed by atoms with Crippen molar-refractivity contribution in [1.29, 1.82) is 0 Å². The maximum absolute atomic E-state index is 11.1. The van der Waals surface area contributed by atoms with Gasteiger partial charge < -0.3 is 4.84 Å². The second-order valence-corrected chi connectivity index (χ2v) is 3.45. The molecule has 0 heterocycles. The highest BCUT2D eigenvalue weighted by atomic mass is 16.7. The van der Waals surface area contributed by atoms with E-state index in [1.165, 1.54) is 0 Å². The van der Waals surface area contributed by atoms with Crippen LogP contribution in [-0.4, -0.2) is 24.1 Å². The van der Waals surface area contributed by atoms with Gasteiger partial charge in [0.1, 0.15) is 0 Å². The minimum atomic E-state index is -0.128. The molecule has 14 heavy (non-hydrogen) atoms. The number of hydroxylamine groups is 2. The number of hydrogen-bond donors (Lipinski definition) is 0. The summed E-state index contributed by atoms with van der Waals surface area (Å²) in [6.45, 7) is 7.82. The molecule has 0 atom stereocenters. The molecule has 0 spiro atoms. The number of unbranched alkanes of at least 4 members (excludes halogenated alkanes) is 2. The zero-order valence-corrected chi connectivity index (χ0v) is 9.71. The predicted octanol–water partition coefficient (Wildman–Crippen LogP) is 2.76. The first kappa shape index (κ1) is 13.4. The molecule has 0 aliphatic heterocycles. The van der Waals surface area contributed by atoms with Crippen LogP contribution in [0.4, 0.5) is 0 Å². The number of hydrogen-bond acceptors (Lipinski definition) is 3. The lowest BCUT2D eigenvalue weighted by Crippen LogP contribution is -2.29. The van der Waals surface area contributed by atoms with Crippen molar-refractivity contribution >= 4 is 5.97 Å². The van der Waals surface area contributed by atoms with Gasteiger partial charge in [-0.15, -0.1) is 5.06 Å². The Labute approximate surface area is 87.4 Å². The molecule has 0 amide bonds. The summed E-state index contributed by atoms with van der Waals surface area (Å²) in [7, 11) is 0. The molecular formula is C11H23NO2. The first-order chi connectivity index (χ1) is 6.74. The summed E-state index contributed by atoms with van der Waals surface area (Å²) in [6.07, 6.45) is 4.88. The van der Waals surface area contributed by atoms with Gasteiger partial charge in [-0.05, 0) is 12.8 Å². The third kappa shape index (κ3) is 6.89. The van der Waals surface area contributed by atoms with Gasteiger partial charge in [0.2, 0.25) is 0 Å². The third-order valence-electron chi connectivity index (χ3n) is 2.04. The van der Waals surface area contributed by atoms with Gasteiger partial charge in [0.05, 0.1) is 0 Å². The Hall–Kier alpha value is -0.570. The topological polar surface area (TPSA) is 29.5 Å². The Morgan fingerprint density at radius 3 is 1.93 bits per heavy atom. The molecule has 0 bridgehead atoms. The lowest BCUT2D eigenvalue weighted by Gasteiger charge is -2.20. The van der Waals surface area contributed by atoms with Crippen molar-refractivity contribution in [1.82, 2.24) is 5.06 Å². The molecule has 0 aromatic rings. The zero-order chi connectivity index (χ0) is 10.8. The smallest absolute Gasteiger partial charge is 0.324 e. The normalized spacial score (nSPS) is 10.6. The van der Waals surface area contributed by atoms with Crippen molar-refractivity contribution in [3.63, 3.8) is 0 Å². The molecule has 0 aromatic carbocycles. The molecule has 0 saturated heterocycles. The molecule has 0 rings (SSSR count). The first-order valence-corrected chi connectivity index (χ1v) is 5.70. The van der Waals surface area contributed by atoms with E-state index in [9.17, 15) is 4.79 Å². The van der Waals surface area contributed by atoms with Crippen LogP contribution in [-0.2, 0) is 9.63 Å². The van der Waals surface area contributed by atoms with E-state index >= 15 is 0 Å². The fourth-order valence-electron chi connectivity index (χ4n) is 1.08. The molecule has 3 heteroatoms. The SMILES string of the molecule is CCCCN(CCCC)OC(=O)CC. The van der Waals surface area contributed by atoms with Crippen LogP contribution in [0.25, 0.3) is 0 Å². The Balaban J connectivity index is 3.77. The predicted molar refractivity (Wildman–Crippen MR) is 57.8 cm³/mol. The number of carbonyl (C=O) groups excluding carboxylic acids is 1. The Kier molecular flexibility index (Phi) is 8.64. The number of rotatable bonds is 8. The van der Waals surface area contributed by atoms with Gasteiger partial charge in [-0.2, -0.15) is 0 Å². The van der Waals surface area contributed by atoms with Gasteiger partial charge in [0, 0.05) is 19.5 Å². The Morgan fingerprint density at radius 2 is 1.57 bits per heavy atom. The van der Waals surface area contributed by atoms with Crippen molar-refractivity contribution in [2.75, 3.05) is 13.1 Å². The van der Waals surface area contributed by atoms with Crippen molar-refractivity contribution in [2.24, 2.45) is 0 Å². The van der Waals surface area contributed by atoms with E-state index in [-0.39, 0.29) is 5.97 Å². The van der Waals surface area contributed by atoms with Gasteiger partial charge in [-0.3, -0.25) is 4.79 Å². The highest BCUT2D eigenvalue weighted by Crippen LogP contribution is 2.01. The molecule has 3 nitrogen and oxygen atoms in total. The molecule has 84 valence electrons. The van der Waals surface area contributed by atoms with E-state index in [0.717, 1.165) is 38.8 Å². The van der Waals surface area contributed by atoms with Crippen LogP contribution >= 0.6 is 0 Å². The largest absolute Gasteiger partial charge is 0.368 e. The molecule has 0 aliphatic carbocycles. The average Bonchev–Trinajstić information content (AvgIpc) is 2.21. The molecule has 0 unspecified atom stereocenters. The van der Waals surface area contributed by atoms with Crippen LogP contribution in [0.1, 0.15) is 52.9 Å². The molecule has 0 aliphatic rings. The van der Waals surface area contributed by atoms with E-state index < -0.39 is 0 Å². The van der Waals surface area contributed by atoms with E-state index in [2.05, 4.69) is 13.8 Å². The average molecular weight is 201 g/mol. The fourth-order valence-corrected chi connectivity index (χ4v) is 1.08. The van der Waals surface area contributed by atoms with Gasteiger partial charge >= 0.3 is 5.97 Å². The highest BCUT2D eigenvalue weighted by molar-refractivity contribution is 5.68. The van der Waals surface area contributed by atoms with Crippen LogP contribution in [0.5, 0.6) is 0 Å². The van der Waals surface area contributed by atoms with Crippen molar-refractivity contribution in [2.45, 2.75) is 52.9 Å². The first-order valence-electron chi connectivity index (χ1n) is 5.70. The highest BCUT2D eigenvalue weighted by Gasteiger charge is 2.08. The number of nitrogens with zero attached hydrogens (tertiary/aromatic N) is 1. The standard InChI is InChI=1S/C11H23NO2/c1-4-7-9-12(10-8-5-2)14-11(13)6-3/h4-10H2,1-3H3. The van der Waals surface area contributed by atoms with Gasteiger partial charge in [-0.25, -0.2) is 0 Å². The molecule has 0 N–H and O–H groups in total. The molecule has 0 radical (unpaired) electrons. The summed E-state index contributed by atoms with van der Waals surface area (Å²) >= 11 is 0. The summed E-state index contributed by atoms with van der Waals surface area (Å²) in [5, 5.41) is 1.80. The Morgan fingerprint density at radius 1 is 1.07 bits per heavy atom. The van der Waals surface area contributed by atoms with Gasteiger partial charge in [0.15, 0.2) is 0 Å². The molecular weight excluding hydrogens is 178 g/mol. The van der Waals surface area contributed by atoms with Crippen LogP contribution in [0, 0.1) is 0 Å². The quantitative estimate of drug-likeness (QED) is 0.565. The minimum absolute atomic E-state index is 0.128. The third-order valence-corrected chi connectivity index (χ3v) is 2.04. The summed E-state index contributed by atoms with van der Waals surface area (Å²) in [4.78, 5) is 16.3. The molecule has 0 fully saturated rings. The van der Waals surface area contributed by atoms with Crippen molar-refractivity contribution in [3.8, 4) is 0 Å². The fraction of sp³-hybridized carbons (Fsp3) is 0.909. The van der Waals surface area contributed by atoms with E-state index in [1.807, 2.05) is 6.92 Å². The zero-order valence-electron chi connectivity index (χ0n) is 9.71. The summed E-state index contributed by atoms with van der Waals surface area (Å²) in [5.41, 5.74) is 0. The van der Waals surface area contributed by atoms with Crippen LogP contribution < -0.4 is 0 Å². The lowest BCUT2D eigenvalue weighted by atomic mass is 10.3. The van der Waals surface area contributed by atoms with E-state index in [1.54, 1.807) is 5.06 Å². The second kappa shape index (κ2) is 9.00. The van der Waals surface area contributed by atoms with E-state index in [4.69, 9.17) is 4.84 Å².